The van der Waals surface area contributed by atoms with Gasteiger partial charge in [-0.25, -0.2) is 9.97 Å². The maximum Gasteiger partial charge on any atom is 0.216 e. The van der Waals surface area contributed by atoms with E-state index < -0.39 is 0 Å². The molecule has 0 amide bonds. The van der Waals surface area contributed by atoms with E-state index in [1.165, 1.54) is 6.33 Å². The Kier molecular flexibility index (Phi) is 5.12. The van der Waals surface area contributed by atoms with Gasteiger partial charge < -0.3 is 14.5 Å². The van der Waals surface area contributed by atoms with Crippen molar-refractivity contribution in [2.75, 3.05) is 13.7 Å². The zero-order valence-corrected chi connectivity index (χ0v) is 12.2. The van der Waals surface area contributed by atoms with E-state index in [4.69, 9.17) is 9.15 Å². The first kappa shape index (κ1) is 14.5. The predicted octanol–water partition coefficient (Wildman–Crippen LogP) is 2.67. The van der Waals surface area contributed by atoms with E-state index in [1.54, 1.807) is 7.11 Å². The Hall–Kier alpha value is -1.88. The second-order valence-electron chi connectivity index (χ2n) is 4.71. The van der Waals surface area contributed by atoms with Gasteiger partial charge in [0.2, 0.25) is 5.88 Å². The molecule has 1 N–H and O–H groups in total. The summed E-state index contributed by atoms with van der Waals surface area (Å²) in [7, 11) is 1.61. The van der Waals surface area contributed by atoms with Crippen molar-refractivity contribution in [3.8, 4) is 5.88 Å². The highest BCUT2D eigenvalue weighted by Gasteiger charge is 2.16. The number of ether oxygens (including phenoxy) is 1. The van der Waals surface area contributed by atoms with Crippen molar-refractivity contribution in [3.05, 3.63) is 41.7 Å². The van der Waals surface area contributed by atoms with E-state index in [1.807, 2.05) is 25.1 Å². The Morgan fingerprint density at radius 2 is 2.20 bits per heavy atom. The normalized spacial score (nSPS) is 12.3. The maximum absolute atomic E-state index is 5.73. The molecule has 2 rings (SSSR count). The predicted molar refractivity (Wildman–Crippen MR) is 76.8 cm³/mol. The van der Waals surface area contributed by atoms with Crippen molar-refractivity contribution in [1.29, 1.82) is 0 Å². The van der Waals surface area contributed by atoms with Gasteiger partial charge in [-0.05, 0) is 32.0 Å². The van der Waals surface area contributed by atoms with Gasteiger partial charge in [-0.3, -0.25) is 0 Å². The number of rotatable bonds is 7. The van der Waals surface area contributed by atoms with E-state index in [0.717, 1.165) is 36.6 Å². The third kappa shape index (κ3) is 3.81. The Morgan fingerprint density at radius 1 is 1.35 bits per heavy atom. The fourth-order valence-corrected chi connectivity index (χ4v) is 2.04. The van der Waals surface area contributed by atoms with Gasteiger partial charge >= 0.3 is 0 Å². The summed E-state index contributed by atoms with van der Waals surface area (Å²) in [6.45, 7) is 5.03. The molecule has 2 aromatic heterocycles. The van der Waals surface area contributed by atoms with Crippen LogP contribution in [-0.2, 0) is 6.42 Å². The Labute approximate surface area is 119 Å². The van der Waals surface area contributed by atoms with Crippen LogP contribution in [0, 0.1) is 6.92 Å². The number of aryl methyl sites for hydroxylation is 1. The fourth-order valence-electron chi connectivity index (χ4n) is 2.04. The van der Waals surface area contributed by atoms with Crippen LogP contribution in [0.3, 0.4) is 0 Å². The number of nitrogens with zero attached hydrogens (tertiary/aromatic N) is 2. The second-order valence-corrected chi connectivity index (χ2v) is 4.71. The quantitative estimate of drug-likeness (QED) is 0.841. The molecule has 108 valence electrons. The summed E-state index contributed by atoms with van der Waals surface area (Å²) >= 11 is 0. The van der Waals surface area contributed by atoms with Crippen molar-refractivity contribution >= 4 is 0 Å². The summed E-state index contributed by atoms with van der Waals surface area (Å²) < 4.78 is 10.9. The summed E-state index contributed by atoms with van der Waals surface area (Å²) in [6.07, 6.45) is 3.34. The molecule has 2 aromatic rings. The van der Waals surface area contributed by atoms with Crippen molar-refractivity contribution in [1.82, 2.24) is 15.3 Å². The highest BCUT2D eigenvalue weighted by molar-refractivity contribution is 5.17. The average Bonchev–Trinajstić information content (AvgIpc) is 2.90. The van der Waals surface area contributed by atoms with Crippen LogP contribution in [0.25, 0.3) is 0 Å². The number of aromatic nitrogens is 2. The third-order valence-corrected chi connectivity index (χ3v) is 3.07. The smallest absolute Gasteiger partial charge is 0.216 e. The minimum atomic E-state index is 0.114. The Morgan fingerprint density at radius 3 is 2.85 bits per heavy atom. The number of hydrogen-bond acceptors (Lipinski definition) is 5. The Balaban J connectivity index is 2.14. The number of furan rings is 1. The second kappa shape index (κ2) is 7.05. The molecule has 0 aliphatic carbocycles. The molecule has 0 radical (unpaired) electrons. The van der Waals surface area contributed by atoms with Crippen LogP contribution in [0.15, 0.2) is 28.9 Å². The molecule has 5 heteroatoms. The van der Waals surface area contributed by atoms with E-state index in [-0.39, 0.29) is 6.04 Å². The topological polar surface area (TPSA) is 60.2 Å². The van der Waals surface area contributed by atoms with Gasteiger partial charge in [0.05, 0.1) is 13.2 Å². The number of methoxy groups -OCH3 is 1. The van der Waals surface area contributed by atoms with Crippen molar-refractivity contribution < 1.29 is 9.15 Å². The van der Waals surface area contributed by atoms with Crippen LogP contribution in [0.1, 0.15) is 36.6 Å². The van der Waals surface area contributed by atoms with Crippen LogP contribution >= 0.6 is 0 Å². The molecule has 20 heavy (non-hydrogen) atoms. The first-order valence-corrected chi connectivity index (χ1v) is 6.87. The summed E-state index contributed by atoms with van der Waals surface area (Å²) in [5, 5.41) is 3.49. The van der Waals surface area contributed by atoms with Gasteiger partial charge in [0.15, 0.2) is 0 Å². The SMILES string of the molecule is CCCNC(Cc1cc(OC)ncn1)c1ccc(C)o1. The molecule has 0 aliphatic heterocycles. The van der Waals surface area contributed by atoms with Crippen molar-refractivity contribution in [3.63, 3.8) is 0 Å². The van der Waals surface area contributed by atoms with Gasteiger partial charge in [-0.2, -0.15) is 0 Å². The molecule has 0 spiro atoms. The molecule has 0 aliphatic rings. The van der Waals surface area contributed by atoms with E-state index in [9.17, 15) is 0 Å². The summed E-state index contributed by atoms with van der Waals surface area (Å²) in [4.78, 5) is 8.32. The number of hydrogen-bond donors (Lipinski definition) is 1. The molecule has 0 bridgehead atoms. The molecule has 0 saturated carbocycles. The molecule has 2 heterocycles. The molecule has 0 aromatic carbocycles. The zero-order valence-electron chi connectivity index (χ0n) is 12.2. The van der Waals surface area contributed by atoms with Crippen LogP contribution in [0.5, 0.6) is 5.88 Å². The highest BCUT2D eigenvalue weighted by atomic mass is 16.5. The van der Waals surface area contributed by atoms with E-state index >= 15 is 0 Å². The lowest BCUT2D eigenvalue weighted by atomic mass is 10.1. The lowest BCUT2D eigenvalue weighted by molar-refractivity contribution is 0.387. The van der Waals surface area contributed by atoms with Crippen molar-refractivity contribution in [2.24, 2.45) is 0 Å². The van der Waals surface area contributed by atoms with Gasteiger partial charge in [-0.1, -0.05) is 6.92 Å². The van der Waals surface area contributed by atoms with Gasteiger partial charge in [0.25, 0.3) is 0 Å². The molecular weight excluding hydrogens is 254 g/mol. The van der Waals surface area contributed by atoms with Gasteiger partial charge in [0, 0.05) is 18.2 Å². The minimum absolute atomic E-state index is 0.114. The van der Waals surface area contributed by atoms with Crippen LogP contribution in [0.2, 0.25) is 0 Å². The fraction of sp³-hybridized carbons (Fsp3) is 0.467. The number of nitrogens with one attached hydrogen (secondary N) is 1. The molecule has 1 atom stereocenters. The third-order valence-electron chi connectivity index (χ3n) is 3.07. The monoisotopic (exact) mass is 275 g/mol. The largest absolute Gasteiger partial charge is 0.481 e. The first-order chi connectivity index (χ1) is 9.72. The van der Waals surface area contributed by atoms with Crippen LogP contribution < -0.4 is 10.1 Å². The van der Waals surface area contributed by atoms with E-state index in [0.29, 0.717) is 5.88 Å². The van der Waals surface area contributed by atoms with Crippen LogP contribution in [0.4, 0.5) is 0 Å². The van der Waals surface area contributed by atoms with Crippen molar-refractivity contribution in [2.45, 2.75) is 32.7 Å². The summed E-state index contributed by atoms with van der Waals surface area (Å²) in [6, 6.07) is 5.97. The van der Waals surface area contributed by atoms with Gasteiger partial charge in [0.1, 0.15) is 17.8 Å². The van der Waals surface area contributed by atoms with E-state index in [2.05, 4.69) is 22.2 Å². The molecule has 0 saturated heterocycles. The molecule has 5 nitrogen and oxygen atoms in total. The zero-order chi connectivity index (χ0) is 14.4. The van der Waals surface area contributed by atoms with Crippen LogP contribution in [-0.4, -0.2) is 23.6 Å². The molecule has 0 fully saturated rings. The molecular formula is C15H21N3O2. The summed E-state index contributed by atoms with van der Waals surface area (Å²) in [5.74, 6) is 2.44. The minimum Gasteiger partial charge on any atom is -0.481 e. The Bertz CT molecular complexity index is 539. The average molecular weight is 275 g/mol. The van der Waals surface area contributed by atoms with Gasteiger partial charge in [-0.15, -0.1) is 0 Å². The lowest BCUT2D eigenvalue weighted by Gasteiger charge is -2.16. The maximum atomic E-state index is 5.73. The summed E-state index contributed by atoms with van der Waals surface area (Å²) in [5.41, 5.74) is 0.930. The standard InChI is InChI=1S/C15H21N3O2/c1-4-7-16-13(14-6-5-11(2)20-14)8-12-9-15(19-3)18-10-17-12/h5-6,9-10,13,16H,4,7-8H2,1-3H3. The first-order valence-electron chi connectivity index (χ1n) is 6.87. The molecule has 1 unspecified atom stereocenters. The lowest BCUT2D eigenvalue weighted by Crippen LogP contribution is -2.24. The highest BCUT2D eigenvalue weighted by Crippen LogP contribution is 2.21.